The maximum Gasteiger partial charge on any atom is 0.304 e. The van der Waals surface area contributed by atoms with Gasteiger partial charge in [-0.3, -0.25) is 0 Å². The van der Waals surface area contributed by atoms with Crippen LogP contribution in [-0.2, 0) is 9.47 Å². The first-order valence-corrected chi connectivity index (χ1v) is 11.0. The van der Waals surface area contributed by atoms with Gasteiger partial charge in [-0.15, -0.1) is 0 Å². The highest BCUT2D eigenvalue weighted by atomic mass is 19.3. The van der Waals surface area contributed by atoms with Crippen LogP contribution in [0.25, 0.3) is 0 Å². The number of ether oxygens (including phenoxy) is 2. The Morgan fingerprint density at radius 1 is 0.963 bits per heavy atom. The summed E-state index contributed by atoms with van der Waals surface area (Å²) in [5, 5.41) is 0. The summed E-state index contributed by atoms with van der Waals surface area (Å²) in [4.78, 5) is 0. The molecule has 156 valence electrons. The lowest BCUT2D eigenvalue weighted by molar-refractivity contribution is -0.0643. The van der Waals surface area contributed by atoms with E-state index in [1.54, 1.807) is 0 Å². The average molecular weight is 389 g/mol. The van der Waals surface area contributed by atoms with Crippen LogP contribution >= 0.6 is 0 Å². The second kappa shape index (κ2) is 10.2. The molecule has 1 heterocycles. The van der Waals surface area contributed by atoms with Crippen molar-refractivity contribution >= 4 is 0 Å². The van der Waals surface area contributed by atoms with Gasteiger partial charge in [-0.05, 0) is 87.9 Å². The van der Waals surface area contributed by atoms with Crippen LogP contribution in [0.4, 0.5) is 13.2 Å². The van der Waals surface area contributed by atoms with Crippen molar-refractivity contribution in [2.24, 2.45) is 23.7 Å². The fourth-order valence-corrected chi connectivity index (χ4v) is 5.66. The molecule has 0 aromatic heterocycles. The van der Waals surface area contributed by atoms with Gasteiger partial charge < -0.3 is 9.47 Å². The Bertz CT molecular complexity index is 464. The SMILES string of the molecule is CCCC1CCC(C2CCC(C3CCC(OC=C(F)F)C(F)C3)CC2)OC1. The second-order valence-electron chi connectivity index (χ2n) is 8.95. The molecule has 0 amide bonds. The lowest BCUT2D eigenvalue weighted by atomic mass is 9.68. The minimum absolute atomic E-state index is 0.376. The van der Waals surface area contributed by atoms with Crippen LogP contribution in [0.3, 0.4) is 0 Å². The van der Waals surface area contributed by atoms with E-state index in [-0.39, 0.29) is 0 Å². The van der Waals surface area contributed by atoms with Crippen molar-refractivity contribution in [2.45, 2.75) is 95.9 Å². The van der Waals surface area contributed by atoms with Gasteiger partial charge in [0.25, 0.3) is 0 Å². The number of rotatable bonds is 6. The van der Waals surface area contributed by atoms with E-state index in [2.05, 4.69) is 6.92 Å². The van der Waals surface area contributed by atoms with Crippen LogP contribution in [0.2, 0.25) is 0 Å². The molecule has 5 heteroatoms. The number of halogens is 3. The quantitative estimate of drug-likeness (QED) is 0.474. The molecule has 0 N–H and O–H groups in total. The summed E-state index contributed by atoms with van der Waals surface area (Å²) in [6, 6.07) is 0. The molecular formula is C22H35F3O2. The second-order valence-corrected chi connectivity index (χ2v) is 8.95. The summed E-state index contributed by atoms with van der Waals surface area (Å²) >= 11 is 0. The Hall–Kier alpha value is -0.710. The molecule has 0 spiro atoms. The third-order valence-electron chi connectivity index (χ3n) is 7.20. The van der Waals surface area contributed by atoms with E-state index in [0.717, 1.165) is 31.8 Å². The molecule has 3 fully saturated rings. The maximum absolute atomic E-state index is 14.4. The van der Waals surface area contributed by atoms with Crippen molar-refractivity contribution in [3.8, 4) is 0 Å². The molecule has 5 unspecified atom stereocenters. The van der Waals surface area contributed by atoms with Gasteiger partial charge in [-0.1, -0.05) is 13.3 Å². The van der Waals surface area contributed by atoms with Crippen molar-refractivity contribution in [2.75, 3.05) is 6.61 Å². The first-order valence-electron chi connectivity index (χ1n) is 11.0. The zero-order valence-corrected chi connectivity index (χ0v) is 16.6. The topological polar surface area (TPSA) is 18.5 Å². The molecule has 3 aliphatic rings. The molecule has 0 radical (unpaired) electrons. The molecule has 2 nitrogen and oxygen atoms in total. The molecule has 2 saturated carbocycles. The van der Waals surface area contributed by atoms with Gasteiger partial charge in [0.15, 0.2) is 0 Å². The van der Waals surface area contributed by atoms with E-state index in [4.69, 9.17) is 9.47 Å². The molecule has 3 rings (SSSR count). The highest BCUT2D eigenvalue weighted by molar-refractivity contribution is 4.89. The monoisotopic (exact) mass is 388 g/mol. The molecule has 5 atom stereocenters. The lowest BCUT2D eigenvalue weighted by Gasteiger charge is -2.41. The molecular weight excluding hydrogens is 353 g/mol. The Balaban J connectivity index is 1.39. The number of hydrogen-bond donors (Lipinski definition) is 0. The average Bonchev–Trinajstić information content (AvgIpc) is 2.68. The van der Waals surface area contributed by atoms with Crippen LogP contribution in [0.1, 0.15) is 77.6 Å². The minimum Gasteiger partial charge on any atom is -0.489 e. The third kappa shape index (κ3) is 5.88. The summed E-state index contributed by atoms with van der Waals surface area (Å²) in [6.07, 6.45) is 8.72. The molecule has 1 aliphatic heterocycles. The standard InChI is InChI=1S/C22H35F3O2/c1-2-3-15-4-10-20(26-13-15)17-7-5-16(6-8-17)18-9-11-21(19(23)12-18)27-14-22(24)25/h14-21H,2-13H2,1H3. The van der Waals surface area contributed by atoms with E-state index in [0.29, 0.717) is 43.0 Å². The molecule has 1 saturated heterocycles. The highest BCUT2D eigenvalue weighted by Crippen LogP contribution is 2.43. The first-order chi connectivity index (χ1) is 13.1. The summed E-state index contributed by atoms with van der Waals surface area (Å²) in [5.74, 6) is 2.37. The summed E-state index contributed by atoms with van der Waals surface area (Å²) in [5.41, 5.74) is 0. The summed E-state index contributed by atoms with van der Waals surface area (Å²) in [6.45, 7) is 3.17. The van der Waals surface area contributed by atoms with Gasteiger partial charge in [-0.25, -0.2) is 4.39 Å². The van der Waals surface area contributed by atoms with Crippen molar-refractivity contribution in [3.63, 3.8) is 0 Å². The van der Waals surface area contributed by atoms with Crippen LogP contribution < -0.4 is 0 Å². The Labute approximate surface area is 161 Å². The van der Waals surface area contributed by atoms with E-state index < -0.39 is 18.4 Å². The highest BCUT2D eigenvalue weighted by Gasteiger charge is 2.38. The number of hydrogen-bond acceptors (Lipinski definition) is 2. The molecule has 2 aliphatic carbocycles. The lowest BCUT2D eigenvalue weighted by Crippen LogP contribution is -2.38. The van der Waals surface area contributed by atoms with Crippen molar-refractivity contribution < 1.29 is 22.6 Å². The maximum atomic E-state index is 14.4. The summed E-state index contributed by atoms with van der Waals surface area (Å²) in [7, 11) is 0. The normalized spacial score (nSPS) is 40.4. The predicted octanol–water partition coefficient (Wildman–Crippen LogP) is 6.65. The largest absolute Gasteiger partial charge is 0.489 e. The molecule has 0 aromatic carbocycles. The van der Waals surface area contributed by atoms with Crippen LogP contribution in [0.5, 0.6) is 0 Å². The smallest absolute Gasteiger partial charge is 0.304 e. The van der Waals surface area contributed by atoms with Crippen LogP contribution in [-0.4, -0.2) is 25.0 Å². The van der Waals surface area contributed by atoms with Gasteiger partial charge in [0.1, 0.15) is 18.5 Å². The molecule has 27 heavy (non-hydrogen) atoms. The Morgan fingerprint density at radius 2 is 1.67 bits per heavy atom. The van der Waals surface area contributed by atoms with Crippen molar-refractivity contribution in [3.05, 3.63) is 12.3 Å². The fraction of sp³-hybridized carbons (Fsp3) is 0.909. The molecule has 0 bridgehead atoms. The zero-order chi connectivity index (χ0) is 19.2. The fourth-order valence-electron chi connectivity index (χ4n) is 5.66. The number of alkyl halides is 1. The summed E-state index contributed by atoms with van der Waals surface area (Å²) < 4.78 is 49.7. The predicted molar refractivity (Wildman–Crippen MR) is 100 cm³/mol. The Kier molecular flexibility index (Phi) is 7.92. The van der Waals surface area contributed by atoms with Gasteiger partial charge in [0.05, 0.1) is 6.10 Å². The van der Waals surface area contributed by atoms with Crippen molar-refractivity contribution in [1.82, 2.24) is 0 Å². The van der Waals surface area contributed by atoms with Gasteiger partial charge in [0, 0.05) is 6.61 Å². The van der Waals surface area contributed by atoms with Gasteiger partial charge in [0.2, 0.25) is 0 Å². The van der Waals surface area contributed by atoms with E-state index in [1.165, 1.54) is 38.5 Å². The minimum atomic E-state index is -1.89. The van der Waals surface area contributed by atoms with Crippen molar-refractivity contribution in [1.29, 1.82) is 0 Å². The van der Waals surface area contributed by atoms with Gasteiger partial charge in [-0.2, -0.15) is 8.78 Å². The Morgan fingerprint density at radius 3 is 2.26 bits per heavy atom. The van der Waals surface area contributed by atoms with E-state index >= 15 is 0 Å². The van der Waals surface area contributed by atoms with Crippen LogP contribution in [0.15, 0.2) is 12.3 Å². The van der Waals surface area contributed by atoms with Crippen LogP contribution in [0, 0.1) is 23.7 Å². The molecule has 0 aromatic rings. The van der Waals surface area contributed by atoms with Gasteiger partial charge >= 0.3 is 6.08 Å². The van der Waals surface area contributed by atoms with E-state index in [9.17, 15) is 13.2 Å². The van der Waals surface area contributed by atoms with E-state index in [1.807, 2.05) is 0 Å². The third-order valence-corrected chi connectivity index (χ3v) is 7.20. The first kappa shape index (κ1) is 21.0. The zero-order valence-electron chi connectivity index (χ0n) is 16.6.